The number of ether oxygens (including phenoxy) is 1. The third-order valence-electron chi connectivity index (χ3n) is 5.06. The molecule has 1 saturated heterocycles. The molecule has 1 aliphatic heterocycles. The third-order valence-corrected chi connectivity index (χ3v) is 5.06. The Balaban J connectivity index is 1.61. The van der Waals surface area contributed by atoms with Crippen LogP contribution in [0, 0.1) is 5.92 Å². The van der Waals surface area contributed by atoms with Gasteiger partial charge in [-0.3, -0.25) is 4.99 Å². The minimum atomic E-state index is -4.29. The van der Waals surface area contributed by atoms with Crippen LogP contribution in [0.25, 0.3) is 0 Å². The molecule has 0 unspecified atom stereocenters. The molecule has 2 N–H and O–H groups in total. The van der Waals surface area contributed by atoms with E-state index in [1.807, 2.05) is 12.1 Å². The summed E-state index contributed by atoms with van der Waals surface area (Å²) in [6.07, 6.45) is -0.630. The molecule has 164 valence electrons. The number of hydrogen-bond donors (Lipinski definition) is 2. The zero-order valence-electron chi connectivity index (χ0n) is 17.4. The molecule has 29 heavy (non-hydrogen) atoms. The maximum atomic E-state index is 12.1. The molecule has 1 aliphatic rings. The summed E-state index contributed by atoms with van der Waals surface area (Å²) in [6, 6.07) is 7.32. The van der Waals surface area contributed by atoms with Crippen molar-refractivity contribution in [3.05, 3.63) is 35.4 Å². The minimum absolute atomic E-state index is 0.0492. The quantitative estimate of drug-likeness (QED) is 0.369. The van der Waals surface area contributed by atoms with Crippen molar-refractivity contribution >= 4 is 5.96 Å². The molecule has 1 aromatic rings. The molecule has 0 atom stereocenters. The van der Waals surface area contributed by atoms with E-state index in [0.29, 0.717) is 12.1 Å². The number of rotatable bonds is 9. The molecule has 0 spiro atoms. The molecule has 0 saturated carbocycles. The molecule has 1 heterocycles. The molecule has 5 nitrogen and oxygen atoms in total. The first kappa shape index (κ1) is 23.5. The molecule has 1 fully saturated rings. The largest absolute Gasteiger partial charge is 0.411 e. The number of alkyl halides is 3. The first-order valence-corrected chi connectivity index (χ1v) is 10.2. The van der Waals surface area contributed by atoms with Crippen LogP contribution in [0.3, 0.4) is 0 Å². The van der Waals surface area contributed by atoms with E-state index in [9.17, 15) is 13.2 Å². The number of hydrogen-bond acceptors (Lipinski definition) is 3. The zero-order valence-corrected chi connectivity index (χ0v) is 17.4. The number of halogens is 3. The van der Waals surface area contributed by atoms with Crippen LogP contribution in [-0.4, -0.2) is 56.9 Å². The number of nitrogens with one attached hydrogen (secondary N) is 2. The van der Waals surface area contributed by atoms with Gasteiger partial charge in [0.1, 0.15) is 6.61 Å². The maximum Gasteiger partial charge on any atom is 0.411 e. The van der Waals surface area contributed by atoms with Gasteiger partial charge in [-0.2, -0.15) is 13.2 Å². The number of guanidine groups is 1. The second-order valence-corrected chi connectivity index (χ2v) is 7.65. The Hall–Kier alpha value is -1.80. The zero-order chi connectivity index (χ0) is 21.1. The fourth-order valence-corrected chi connectivity index (χ4v) is 3.24. The molecule has 8 heteroatoms. The van der Waals surface area contributed by atoms with E-state index in [-0.39, 0.29) is 6.61 Å². The monoisotopic (exact) mass is 414 g/mol. The van der Waals surface area contributed by atoms with Crippen LogP contribution in [0.1, 0.15) is 37.3 Å². The number of benzene rings is 1. The Morgan fingerprint density at radius 1 is 1.14 bits per heavy atom. The van der Waals surface area contributed by atoms with Crippen molar-refractivity contribution in [2.24, 2.45) is 10.9 Å². The number of aliphatic imine (C=N–C) groups is 1. The molecule has 0 aromatic heterocycles. The van der Waals surface area contributed by atoms with E-state index in [0.717, 1.165) is 37.0 Å². The van der Waals surface area contributed by atoms with Gasteiger partial charge in [0.2, 0.25) is 0 Å². The van der Waals surface area contributed by atoms with Crippen LogP contribution in [0.2, 0.25) is 0 Å². The highest BCUT2D eigenvalue weighted by molar-refractivity contribution is 5.79. The lowest BCUT2D eigenvalue weighted by Gasteiger charge is -2.30. The fraction of sp³-hybridized carbons (Fsp3) is 0.667. The average molecular weight is 415 g/mol. The van der Waals surface area contributed by atoms with Crippen molar-refractivity contribution in [3.8, 4) is 0 Å². The molecule has 0 aliphatic carbocycles. The average Bonchev–Trinajstić information content (AvgIpc) is 2.69. The lowest BCUT2D eigenvalue weighted by molar-refractivity contribution is -0.176. The SMILES string of the molecule is CN=C(NCCCN1CCC(C)CC1)NCc1ccc(COCC(F)(F)F)cc1. The van der Waals surface area contributed by atoms with Gasteiger partial charge in [-0.15, -0.1) is 0 Å². The van der Waals surface area contributed by atoms with E-state index < -0.39 is 12.8 Å². The van der Waals surface area contributed by atoms with Crippen LogP contribution in [0.4, 0.5) is 13.2 Å². The van der Waals surface area contributed by atoms with Crippen LogP contribution in [-0.2, 0) is 17.9 Å². The topological polar surface area (TPSA) is 48.9 Å². The van der Waals surface area contributed by atoms with E-state index >= 15 is 0 Å². The second-order valence-electron chi connectivity index (χ2n) is 7.65. The second kappa shape index (κ2) is 12.0. The lowest BCUT2D eigenvalue weighted by atomic mass is 9.99. The summed E-state index contributed by atoms with van der Waals surface area (Å²) in [4.78, 5) is 6.76. The van der Waals surface area contributed by atoms with E-state index in [1.165, 1.54) is 25.9 Å². The van der Waals surface area contributed by atoms with Crippen molar-refractivity contribution in [2.75, 3.05) is 39.8 Å². The van der Waals surface area contributed by atoms with Gasteiger partial charge in [0.05, 0.1) is 6.61 Å². The Bertz CT molecular complexity index is 611. The fourth-order valence-electron chi connectivity index (χ4n) is 3.24. The molecule has 1 aromatic carbocycles. The van der Waals surface area contributed by atoms with Crippen molar-refractivity contribution in [2.45, 2.75) is 45.5 Å². The van der Waals surface area contributed by atoms with Crippen LogP contribution < -0.4 is 10.6 Å². The van der Waals surface area contributed by atoms with E-state index in [2.05, 4.69) is 32.2 Å². The van der Waals surface area contributed by atoms with Crippen molar-refractivity contribution in [3.63, 3.8) is 0 Å². The summed E-state index contributed by atoms with van der Waals surface area (Å²) in [5, 5.41) is 6.58. The van der Waals surface area contributed by atoms with Crippen molar-refractivity contribution in [1.82, 2.24) is 15.5 Å². The first-order valence-electron chi connectivity index (χ1n) is 10.2. The van der Waals surface area contributed by atoms with Gasteiger partial charge in [0, 0.05) is 20.1 Å². The summed E-state index contributed by atoms with van der Waals surface area (Å²) in [5.41, 5.74) is 1.74. The Morgan fingerprint density at radius 2 is 1.79 bits per heavy atom. The summed E-state index contributed by atoms with van der Waals surface area (Å²) >= 11 is 0. The van der Waals surface area contributed by atoms with Gasteiger partial charge < -0.3 is 20.3 Å². The molecule has 2 rings (SSSR count). The van der Waals surface area contributed by atoms with Crippen LogP contribution in [0.5, 0.6) is 0 Å². The Labute approximate surface area is 171 Å². The lowest BCUT2D eigenvalue weighted by Crippen LogP contribution is -2.39. The van der Waals surface area contributed by atoms with Crippen molar-refractivity contribution < 1.29 is 17.9 Å². The van der Waals surface area contributed by atoms with Crippen LogP contribution in [0.15, 0.2) is 29.3 Å². The van der Waals surface area contributed by atoms with E-state index in [4.69, 9.17) is 0 Å². The maximum absolute atomic E-state index is 12.1. The summed E-state index contributed by atoms with van der Waals surface area (Å²) in [5.74, 6) is 1.60. The first-order chi connectivity index (χ1) is 13.9. The van der Waals surface area contributed by atoms with Gasteiger partial charge in [0.15, 0.2) is 5.96 Å². The number of piperidine rings is 1. The highest BCUT2D eigenvalue weighted by Gasteiger charge is 2.27. The van der Waals surface area contributed by atoms with Gasteiger partial charge in [-0.25, -0.2) is 0 Å². The summed E-state index contributed by atoms with van der Waals surface area (Å²) in [7, 11) is 1.74. The van der Waals surface area contributed by atoms with Gasteiger partial charge in [-0.05, 0) is 55.9 Å². The van der Waals surface area contributed by atoms with Crippen molar-refractivity contribution in [1.29, 1.82) is 0 Å². The third kappa shape index (κ3) is 9.99. The van der Waals surface area contributed by atoms with E-state index in [1.54, 1.807) is 19.2 Å². The van der Waals surface area contributed by atoms with Gasteiger partial charge >= 0.3 is 6.18 Å². The van der Waals surface area contributed by atoms with Gasteiger partial charge in [0.25, 0.3) is 0 Å². The predicted molar refractivity (Wildman–Crippen MR) is 110 cm³/mol. The highest BCUT2D eigenvalue weighted by Crippen LogP contribution is 2.16. The Kier molecular flexibility index (Phi) is 9.73. The summed E-state index contributed by atoms with van der Waals surface area (Å²) < 4.78 is 41.0. The molecule has 0 amide bonds. The molecular formula is C21H33F3N4O. The minimum Gasteiger partial charge on any atom is -0.367 e. The van der Waals surface area contributed by atoms with Gasteiger partial charge in [-0.1, -0.05) is 31.2 Å². The number of likely N-dealkylation sites (tertiary alicyclic amines) is 1. The predicted octanol–water partition coefficient (Wildman–Crippen LogP) is 3.55. The molecule has 0 bridgehead atoms. The highest BCUT2D eigenvalue weighted by atomic mass is 19.4. The Morgan fingerprint density at radius 3 is 2.41 bits per heavy atom. The normalized spacial score (nSPS) is 16.8. The molecule has 0 radical (unpaired) electrons. The smallest absolute Gasteiger partial charge is 0.367 e. The molecular weight excluding hydrogens is 381 g/mol. The van der Waals surface area contributed by atoms with Crippen LogP contribution >= 0.6 is 0 Å². The summed E-state index contributed by atoms with van der Waals surface area (Å²) in [6.45, 7) is 6.01. The number of nitrogens with zero attached hydrogens (tertiary/aromatic N) is 2. The standard InChI is InChI=1S/C21H33F3N4O/c1-17-8-12-28(13-9-17)11-3-10-26-20(25-2)27-14-18-4-6-19(7-5-18)15-29-16-21(22,23)24/h4-7,17H,3,8-16H2,1-2H3,(H2,25,26,27).